The summed E-state index contributed by atoms with van der Waals surface area (Å²) < 4.78 is 15.8. The van der Waals surface area contributed by atoms with E-state index in [1.165, 1.54) is 7.11 Å². The number of benzene rings is 3. The SMILES string of the molecule is COc1ccc(NC(=O)COC(=O)c2cc(-c3ccccc3)nc3ccccc23)c(OC)c1. The van der Waals surface area contributed by atoms with Crippen LogP contribution in [0.2, 0.25) is 0 Å². The van der Waals surface area contributed by atoms with Gasteiger partial charge in [-0.25, -0.2) is 9.78 Å². The minimum Gasteiger partial charge on any atom is -0.497 e. The number of aromatic nitrogens is 1. The lowest BCUT2D eigenvalue weighted by Gasteiger charge is -2.12. The smallest absolute Gasteiger partial charge is 0.339 e. The number of amides is 1. The van der Waals surface area contributed by atoms with Gasteiger partial charge in [-0.2, -0.15) is 0 Å². The molecule has 0 saturated heterocycles. The third-order valence-electron chi connectivity index (χ3n) is 5.02. The minimum absolute atomic E-state index is 0.342. The van der Waals surface area contributed by atoms with Crippen LogP contribution in [0.25, 0.3) is 22.2 Å². The van der Waals surface area contributed by atoms with Crippen molar-refractivity contribution in [3.05, 3.63) is 84.4 Å². The zero-order valence-corrected chi connectivity index (χ0v) is 18.2. The monoisotopic (exact) mass is 442 g/mol. The molecular weight excluding hydrogens is 420 g/mol. The molecule has 1 amide bonds. The highest BCUT2D eigenvalue weighted by molar-refractivity contribution is 6.05. The molecule has 7 heteroatoms. The van der Waals surface area contributed by atoms with Crippen LogP contribution in [0.5, 0.6) is 11.5 Å². The summed E-state index contributed by atoms with van der Waals surface area (Å²) in [6.07, 6.45) is 0. The average Bonchev–Trinajstić information content (AvgIpc) is 2.87. The van der Waals surface area contributed by atoms with Gasteiger partial charge in [0.15, 0.2) is 6.61 Å². The van der Waals surface area contributed by atoms with Gasteiger partial charge >= 0.3 is 5.97 Å². The number of rotatable bonds is 7. The Labute approximate surface area is 190 Å². The van der Waals surface area contributed by atoms with E-state index in [0.29, 0.717) is 39.3 Å². The zero-order valence-electron chi connectivity index (χ0n) is 18.2. The van der Waals surface area contributed by atoms with Gasteiger partial charge < -0.3 is 19.5 Å². The van der Waals surface area contributed by atoms with Gasteiger partial charge in [-0.05, 0) is 24.3 Å². The van der Waals surface area contributed by atoms with Crippen molar-refractivity contribution < 1.29 is 23.8 Å². The fourth-order valence-electron chi connectivity index (χ4n) is 3.40. The predicted octanol–water partition coefficient (Wildman–Crippen LogP) is 4.71. The standard InChI is InChI=1S/C26H22N2O5/c1-31-18-12-13-22(24(14-18)32-2)28-25(29)16-33-26(30)20-15-23(17-8-4-3-5-9-17)27-21-11-7-6-10-19(20)21/h3-15H,16H2,1-2H3,(H,28,29). The fraction of sp³-hybridized carbons (Fsp3) is 0.115. The van der Waals surface area contributed by atoms with Crippen molar-refractivity contribution >= 4 is 28.5 Å². The molecule has 1 N–H and O–H groups in total. The Kier molecular flexibility index (Phi) is 6.50. The first-order valence-corrected chi connectivity index (χ1v) is 10.2. The molecule has 0 atom stereocenters. The maximum Gasteiger partial charge on any atom is 0.339 e. The summed E-state index contributed by atoms with van der Waals surface area (Å²) in [4.78, 5) is 30.0. The molecule has 0 aliphatic carbocycles. The zero-order chi connectivity index (χ0) is 23.2. The van der Waals surface area contributed by atoms with Gasteiger partial charge in [-0.1, -0.05) is 48.5 Å². The van der Waals surface area contributed by atoms with Crippen LogP contribution < -0.4 is 14.8 Å². The first-order chi connectivity index (χ1) is 16.1. The Bertz CT molecular complexity index is 1300. The molecule has 3 aromatic carbocycles. The largest absolute Gasteiger partial charge is 0.497 e. The second-order valence-electron chi connectivity index (χ2n) is 7.13. The number of pyridine rings is 1. The van der Waals surface area contributed by atoms with E-state index in [1.54, 1.807) is 37.4 Å². The van der Waals surface area contributed by atoms with Gasteiger partial charge in [-0.3, -0.25) is 4.79 Å². The maximum absolute atomic E-state index is 12.9. The quantitative estimate of drug-likeness (QED) is 0.417. The number of para-hydroxylation sites is 1. The fourth-order valence-corrected chi connectivity index (χ4v) is 3.40. The number of nitrogens with one attached hydrogen (secondary N) is 1. The minimum atomic E-state index is -0.609. The van der Waals surface area contributed by atoms with Gasteiger partial charge in [0.05, 0.1) is 36.7 Å². The van der Waals surface area contributed by atoms with Gasteiger partial charge in [0.25, 0.3) is 5.91 Å². The first kappa shape index (κ1) is 21.8. The summed E-state index contributed by atoms with van der Waals surface area (Å²) in [7, 11) is 3.03. The Morgan fingerprint density at radius 2 is 1.64 bits per heavy atom. The summed E-state index contributed by atoms with van der Waals surface area (Å²) in [5, 5.41) is 3.34. The molecule has 4 aromatic rings. The van der Waals surface area contributed by atoms with E-state index in [0.717, 1.165) is 5.56 Å². The van der Waals surface area contributed by atoms with Crippen LogP contribution in [0.1, 0.15) is 10.4 Å². The number of carbonyl (C=O) groups is 2. The second-order valence-corrected chi connectivity index (χ2v) is 7.13. The molecule has 0 aliphatic heterocycles. The van der Waals surface area contributed by atoms with Crippen molar-refractivity contribution in [3.63, 3.8) is 0 Å². The van der Waals surface area contributed by atoms with Crippen LogP contribution in [0.3, 0.4) is 0 Å². The number of methoxy groups -OCH3 is 2. The summed E-state index contributed by atoms with van der Waals surface area (Å²) in [6, 6.07) is 23.6. The Morgan fingerprint density at radius 3 is 2.39 bits per heavy atom. The number of ether oxygens (including phenoxy) is 3. The van der Waals surface area contributed by atoms with Crippen LogP contribution in [-0.2, 0) is 9.53 Å². The van der Waals surface area contributed by atoms with Crippen molar-refractivity contribution in [2.75, 3.05) is 26.1 Å². The molecule has 1 heterocycles. The van der Waals surface area contributed by atoms with E-state index in [2.05, 4.69) is 10.3 Å². The summed E-state index contributed by atoms with van der Waals surface area (Å²) >= 11 is 0. The molecule has 33 heavy (non-hydrogen) atoms. The number of nitrogens with zero attached hydrogens (tertiary/aromatic N) is 1. The highest BCUT2D eigenvalue weighted by Crippen LogP contribution is 2.29. The maximum atomic E-state index is 12.9. The second kappa shape index (κ2) is 9.82. The lowest BCUT2D eigenvalue weighted by molar-refractivity contribution is -0.119. The molecule has 7 nitrogen and oxygen atoms in total. The molecule has 0 radical (unpaired) electrons. The van der Waals surface area contributed by atoms with Gasteiger partial charge in [0.1, 0.15) is 11.5 Å². The molecule has 0 aliphatic rings. The molecule has 1 aromatic heterocycles. The molecule has 0 bridgehead atoms. The van der Waals surface area contributed by atoms with Crippen molar-refractivity contribution in [2.45, 2.75) is 0 Å². The predicted molar refractivity (Wildman–Crippen MR) is 126 cm³/mol. The van der Waals surface area contributed by atoms with Crippen molar-refractivity contribution in [1.29, 1.82) is 0 Å². The van der Waals surface area contributed by atoms with Crippen LogP contribution in [0.15, 0.2) is 78.9 Å². The lowest BCUT2D eigenvalue weighted by Crippen LogP contribution is -2.21. The Morgan fingerprint density at radius 1 is 0.879 bits per heavy atom. The van der Waals surface area contributed by atoms with E-state index >= 15 is 0 Å². The third-order valence-corrected chi connectivity index (χ3v) is 5.02. The number of carbonyl (C=O) groups excluding carboxylic acids is 2. The first-order valence-electron chi connectivity index (χ1n) is 10.2. The summed E-state index contributed by atoms with van der Waals surface area (Å²) in [5.41, 5.74) is 2.97. The summed E-state index contributed by atoms with van der Waals surface area (Å²) in [6.45, 7) is -0.453. The molecule has 0 fully saturated rings. The van der Waals surface area contributed by atoms with Crippen LogP contribution in [0, 0.1) is 0 Å². The van der Waals surface area contributed by atoms with Crippen molar-refractivity contribution in [2.24, 2.45) is 0 Å². The van der Waals surface area contributed by atoms with Crippen LogP contribution in [0.4, 0.5) is 5.69 Å². The van der Waals surface area contributed by atoms with Gasteiger partial charge in [0, 0.05) is 17.0 Å². The lowest BCUT2D eigenvalue weighted by atomic mass is 10.0. The number of anilines is 1. The number of esters is 1. The Hall–Kier alpha value is -4.39. The van der Waals surface area contributed by atoms with Crippen LogP contribution in [-0.4, -0.2) is 37.7 Å². The molecule has 166 valence electrons. The molecular formula is C26H22N2O5. The number of fused-ring (bicyclic) bond motifs is 1. The van der Waals surface area contributed by atoms with E-state index in [1.807, 2.05) is 48.5 Å². The average molecular weight is 442 g/mol. The van der Waals surface area contributed by atoms with Crippen molar-refractivity contribution in [1.82, 2.24) is 4.98 Å². The van der Waals surface area contributed by atoms with E-state index in [-0.39, 0.29) is 0 Å². The Balaban J connectivity index is 1.53. The highest BCUT2D eigenvalue weighted by Gasteiger charge is 2.17. The normalized spacial score (nSPS) is 10.5. The number of hydrogen-bond donors (Lipinski definition) is 1. The topological polar surface area (TPSA) is 86.8 Å². The molecule has 4 rings (SSSR count). The van der Waals surface area contributed by atoms with Gasteiger partial charge in [-0.15, -0.1) is 0 Å². The van der Waals surface area contributed by atoms with Crippen LogP contribution >= 0.6 is 0 Å². The van der Waals surface area contributed by atoms with Gasteiger partial charge in [0.2, 0.25) is 0 Å². The highest BCUT2D eigenvalue weighted by atomic mass is 16.5. The molecule has 0 saturated carbocycles. The third kappa shape index (κ3) is 4.93. The molecule has 0 spiro atoms. The summed E-state index contributed by atoms with van der Waals surface area (Å²) in [5.74, 6) is -0.0761. The van der Waals surface area contributed by atoms with E-state index in [9.17, 15) is 9.59 Å². The molecule has 0 unspecified atom stereocenters. The van der Waals surface area contributed by atoms with Crippen molar-refractivity contribution in [3.8, 4) is 22.8 Å². The number of hydrogen-bond acceptors (Lipinski definition) is 6. The van der Waals surface area contributed by atoms with E-state index < -0.39 is 18.5 Å². The van der Waals surface area contributed by atoms with E-state index in [4.69, 9.17) is 14.2 Å².